The van der Waals surface area contributed by atoms with Gasteiger partial charge in [0.05, 0.1) is 12.4 Å². The van der Waals surface area contributed by atoms with Crippen molar-refractivity contribution in [3.05, 3.63) is 0 Å². The number of thiol groups is 1. The first-order chi connectivity index (χ1) is 11.3. The molecule has 0 heterocycles. The molecule has 1 atom stereocenters. The van der Waals surface area contributed by atoms with Crippen molar-refractivity contribution in [3.8, 4) is 0 Å². The smallest absolute Gasteiger partial charge is 0.408 e. The third-order valence-electron chi connectivity index (χ3n) is 2.99. The third kappa shape index (κ3) is 13.5. The van der Waals surface area contributed by atoms with Gasteiger partial charge in [0.25, 0.3) is 0 Å². The van der Waals surface area contributed by atoms with Crippen LogP contribution in [0.5, 0.6) is 0 Å². The highest BCUT2D eigenvalue weighted by molar-refractivity contribution is 8.02. The van der Waals surface area contributed by atoms with Crippen molar-refractivity contribution in [2.45, 2.75) is 65.0 Å². The van der Waals surface area contributed by atoms with Gasteiger partial charge in [-0.05, 0) is 46.1 Å². The van der Waals surface area contributed by atoms with Crippen LogP contribution in [0.2, 0.25) is 0 Å². The van der Waals surface area contributed by atoms with Crippen LogP contribution in [-0.2, 0) is 29.0 Å². The molecule has 0 saturated carbocycles. The van der Waals surface area contributed by atoms with E-state index in [0.717, 1.165) is 12.8 Å². The molecular formula is C17H33NO6S. The zero-order valence-corrected chi connectivity index (χ0v) is 17.1. The minimum atomic E-state index is -2.46. The monoisotopic (exact) mass is 379 g/mol. The molecule has 0 rings (SSSR count). The largest absolute Gasteiger partial charge is 0.464 e. The number of carbonyl (C=O) groups excluding carboxylic acids is 3. The molecular weight excluding hydrogens is 346 g/mol. The Morgan fingerprint density at radius 2 is 1.76 bits per heavy atom. The van der Waals surface area contributed by atoms with Gasteiger partial charge < -0.3 is 14.8 Å². The summed E-state index contributed by atoms with van der Waals surface area (Å²) in [6.07, 6.45) is 4.06. The number of ketones is 1. The van der Waals surface area contributed by atoms with E-state index < -0.39 is 33.6 Å². The van der Waals surface area contributed by atoms with Crippen LogP contribution in [0.4, 0.5) is 4.79 Å². The second-order valence-electron chi connectivity index (χ2n) is 7.53. The molecule has 0 aromatic carbocycles. The highest BCUT2D eigenvalue weighted by Crippen LogP contribution is 2.09. The lowest BCUT2D eigenvalue weighted by Gasteiger charge is -2.23. The fourth-order valence-corrected chi connectivity index (χ4v) is 2.93. The van der Waals surface area contributed by atoms with E-state index in [-0.39, 0.29) is 31.0 Å². The highest BCUT2D eigenvalue weighted by Gasteiger charge is 2.26. The first-order valence-electron chi connectivity index (χ1n) is 8.56. The molecule has 0 bridgehead atoms. The van der Waals surface area contributed by atoms with Gasteiger partial charge in [0.2, 0.25) is 0 Å². The number of hydrogen-bond donors (Lipinski definition) is 2. The molecule has 0 aromatic heterocycles. The predicted molar refractivity (Wildman–Crippen MR) is 99.5 cm³/mol. The lowest BCUT2D eigenvalue weighted by Crippen LogP contribution is -2.44. The Morgan fingerprint density at radius 1 is 1.16 bits per heavy atom. The summed E-state index contributed by atoms with van der Waals surface area (Å²) < 4.78 is 22.0. The van der Waals surface area contributed by atoms with Gasteiger partial charge in [-0.3, -0.25) is 9.00 Å². The van der Waals surface area contributed by atoms with Gasteiger partial charge in [-0.25, -0.2) is 9.59 Å². The van der Waals surface area contributed by atoms with E-state index in [1.54, 1.807) is 33.3 Å². The van der Waals surface area contributed by atoms with Crippen molar-refractivity contribution < 1.29 is 28.1 Å². The number of amides is 1. The van der Waals surface area contributed by atoms with Crippen LogP contribution in [-0.4, -0.2) is 58.6 Å². The Hall–Kier alpha value is -1.44. The summed E-state index contributed by atoms with van der Waals surface area (Å²) in [6.45, 7) is 7.37. The molecule has 1 N–H and O–H groups in total. The summed E-state index contributed by atoms with van der Waals surface area (Å²) in [5.41, 5.74) is -0.701. The van der Waals surface area contributed by atoms with Gasteiger partial charge in [0, 0.05) is 6.42 Å². The number of rotatable bonds is 10. The normalized spacial score (nSPS) is 13.7. The molecule has 0 aliphatic heterocycles. The number of esters is 1. The van der Waals surface area contributed by atoms with Crippen LogP contribution in [0.15, 0.2) is 0 Å². The van der Waals surface area contributed by atoms with E-state index in [0.29, 0.717) is 0 Å². The fraction of sp³-hybridized carbons (Fsp3) is 0.824. The number of nitrogens with one attached hydrogen (secondary N) is 1. The summed E-state index contributed by atoms with van der Waals surface area (Å²) in [7, 11) is -2.46. The molecule has 0 radical (unpaired) electrons. The van der Waals surface area contributed by atoms with E-state index in [1.165, 1.54) is 0 Å². The van der Waals surface area contributed by atoms with E-state index in [9.17, 15) is 18.6 Å². The molecule has 25 heavy (non-hydrogen) atoms. The van der Waals surface area contributed by atoms with Gasteiger partial charge in [0.1, 0.15) is 17.4 Å². The molecule has 0 aliphatic carbocycles. The average Bonchev–Trinajstić information content (AvgIpc) is 2.39. The molecule has 7 nitrogen and oxygen atoms in total. The molecule has 0 fully saturated rings. The molecule has 148 valence electrons. The van der Waals surface area contributed by atoms with Gasteiger partial charge in [0.15, 0.2) is 0 Å². The number of Topliss-reactive ketones (excluding diaryl/α,β-unsaturated/α-hetero) is 1. The number of carbonyl (C=O) groups is 3. The summed E-state index contributed by atoms with van der Waals surface area (Å²) in [4.78, 5) is 36.0. The standard InChI is InChI=1S/C17H33NO6S/c1-7-8-11-23-15(20)14(18-16(21)24-17(2,3)4)10-9-13(19)12-25(5,6)22/h14,25H,7-12H2,1-6H3,(H,18,21). The van der Waals surface area contributed by atoms with Gasteiger partial charge in [-0.1, -0.05) is 13.3 Å². The van der Waals surface area contributed by atoms with Crippen LogP contribution < -0.4 is 5.32 Å². The number of unbranched alkanes of at least 4 members (excludes halogenated alkanes) is 1. The van der Waals surface area contributed by atoms with Crippen molar-refractivity contribution in [2.24, 2.45) is 0 Å². The van der Waals surface area contributed by atoms with Gasteiger partial charge in [-0.2, -0.15) is 0 Å². The SMILES string of the molecule is CCCCOC(=O)C(CCC(=O)C[SH](C)(C)=O)NC(=O)OC(C)(C)C. The number of alkyl carbamates (subject to hydrolysis) is 1. The molecule has 1 amide bonds. The van der Waals surface area contributed by atoms with Crippen LogP contribution in [0.1, 0.15) is 53.4 Å². The van der Waals surface area contributed by atoms with E-state index >= 15 is 0 Å². The summed E-state index contributed by atoms with van der Waals surface area (Å²) in [6, 6.07) is -0.969. The first-order valence-corrected chi connectivity index (χ1v) is 11.3. The van der Waals surface area contributed by atoms with Crippen LogP contribution in [0.25, 0.3) is 0 Å². The zero-order valence-electron chi connectivity index (χ0n) is 16.2. The minimum Gasteiger partial charge on any atom is -0.464 e. The summed E-state index contributed by atoms with van der Waals surface area (Å²) in [5.74, 6) is -0.814. The van der Waals surface area contributed by atoms with Crippen molar-refractivity contribution >= 4 is 27.8 Å². The predicted octanol–water partition coefficient (Wildman–Crippen LogP) is 1.85. The lowest BCUT2D eigenvalue weighted by atomic mass is 10.1. The highest BCUT2D eigenvalue weighted by atomic mass is 32.2. The molecule has 0 aliphatic rings. The first kappa shape index (κ1) is 23.6. The molecule has 8 heteroatoms. The van der Waals surface area contributed by atoms with Crippen LogP contribution in [0.3, 0.4) is 0 Å². The van der Waals surface area contributed by atoms with Crippen molar-refractivity contribution in [1.29, 1.82) is 0 Å². The molecule has 0 aromatic rings. The molecule has 1 unspecified atom stereocenters. The summed E-state index contributed by atoms with van der Waals surface area (Å²) in [5, 5.41) is 2.46. The van der Waals surface area contributed by atoms with Crippen LogP contribution in [0, 0.1) is 0 Å². The molecule has 0 spiro atoms. The fourth-order valence-electron chi connectivity index (χ4n) is 1.93. The quantitative estimate of drug-likeness (QED) is 0.341. The number of ether oxygens (including phenoxy) is 2. The minimum absolute atomic E-state index is 0.0168. The third-order valence-corrected chi connectivity index (χ3v) is 4.10. The van der Waals surface area contributed by atoms with E-state index in [1.807, 2.05) is 6.92 Å². The Morgan fingerprint density at radius 3 is 2.24 bits per heavy atom. The maximum absolute atomic E-state index is 12.2. The topological polar surface area (TPSA) is 98.8 Å². The maximum Gasteiger partial charge on any atom is 0.408 e. The van der Waals surface area contributed by atoms with Crippen molar-refractivity contribution in [2.75, 3.05) is 24.9 Å². The summed E-state index contributed by atoms with van der Waals surface area (Å²) >= 11 is 0. The Balaban J connectivity index is 4.77. The Kier molecular flexibility index (Phi) is 9.92. The maximum atomic E-state index is 12.2. The number of hydrogen-bond acceptors (Lipinski definition) is 6. The van der Waals surface area contributed by atoms with E-state index in [4.69, 9.17) is 9.47 Å². The average molecular weight is 380 g/mol. The van der Waals surface area contributed by atoms with Gasteiger partial charge in [-0.15, -0.1) is 9.93 Å². The van der Waals surface area contributed by atoms with Crippen molar-refractivity contribution in [3.63, 3.8) is 0 Å². The van der Waals surface area contributed by atoms with Gasteiger partial charge >= 0.3 is 12.1 Å². The molecule has 0 saturated heterocycles. The van der Waals surface area contributed by atoms with E-state index in [2.05, 4.69) is 5.32 Å². The second-order valence-corrected chi connectivity index (χ2v) is 11.0. The zero-order chi connectivity index (χ0) is 19.7. The van der Waals surface area contributed by atoms with Crippen molar-refractivity contribution in [1.82, 2.24) is 5.32 Å². The van der Waals surface area contributed by atoms with Crippen LogP contribution >= 0.6 is 0 Å². The Labute approximate surface area is 151 Å². The lowest BCUT2D eigenvalue weighted by molar-refractivity contribution is -0.146. The Bertz CT molecular complexity index is 506. The second kappa shape index (κ2) is 10.5.